The Hall–Kier alpha value is -2.87. The van der Waals surface area contributed by atoms with E-state index >= 15 is 0 Å². The van der Waals surface area contributed by atoms with Gasteiger partial charge >= 0.3 is 0 Å². The van der Waals surface area contributed by atoms with E-state index in [0.29, 0.717) is 23.1 Å². The monoisotopic (exact) mass is 401 g/mol. The zero-order chi connectivity index (χ0) is 20.1. The van der Waals surface area contributed by atoms with Gasteiger partial charge in [-0.2, -0.15) is 0 Å². The second kappa shape index (κ2) is 8.88. The first-order chi connectivity index (χ1) is 13.5. The molecule has 8 heteroatoms. The molecule has 0 aromatic heterocycles. The second-order valence-electron chi connectivity index (χ2n) is 5.99. The topological polar surface area (TPSA) is 71.0 Å². The number of nitrogens with one attached hydrogen (secondary N) is 1. The third-order valence-electron chi connectivity index (χ3n) is 4.07. The van der Waals surface area contributed by atoms with Crippen LogP contribution in [0.3, 0.4) is 0 Å². The van der Waals surface area contributed by atoms with Crippen LogP contribution in [0.4, 0.5) is 15.8 Å². The lowest BCUT2D eigenvalue weighted by molar-refractivity contribution is -0.121. The number of benzene rings is 2. The molecule has 1 aliphatic rings. The Morgan fingerprint density at radius 1 is 1.29 bits per heavy atom. The van der Waals surface area contributed by atoms with Crippen LogP contribution in [-0.2, 0) is 9.59 Å². The Balaban J connectivity index is 1.74. The van der Waals surface area contributed by atoms with Gasteiger partial charge in [0.05, 0.1) is 12.8 Å². The van der Waals surface area contributed by atoms with Crippen molar-refractivity contribution in [2.75, 3.05) is 23.9 Å². The SMILES string of the molecule is CCN=C(Nc1cccc(OC)c1)SC1CC(=O)N(c2ccc(F)cc2)C1=O. The Morgan fingerprint density at radius 2 is 2.04 bits per heavy atom. The van der Waals surface area contributed by atoms with E-state index in [1.54, 1.807) is 7.11 Å². The van der Waals surface area contributed by atoms with Crippen molar-refractivity contribution in [3.63, 3.8) is 0 Å². The average Bonchev–Trinajstić information content (AvgIpc) is 2.96. The lowest BCUT2D eigenvalue weighted by Gasteiger charge is -2.16. The van der Waals surface area contributed by atoms with Crippen molar-refractivity contribution in [2.24, 2.45) is 4.99 Å². The summed E-state index contributed by atoms with van der Waals surface area (Å²) in [6.45, 7) is 2.41. The summed E-state index contributed by atoms with van der Waals surface area (Å²) in [5.41, 5.74) is 1.14. The van der Waals surface area contributed by atoms with Gasteiger partial charge in [0.15, 0.2) is 5.17 Å². The number of carbonyl (C=O) groups is 2. The molecule has 3 rings (SSSR count). The van der Waals surface area contributed by atoms with E-state index in [1.165, 1.54) is 36.0 Å². The number of carbonyl (C=O) groups excluding carboxylic acids is 2. The summed E-state index contributed by atoms with van der Waals surface area (Å²) >= 11 is 1.21. The highest BCUT2D eigenvalue weighted by Crippen LogP contribution is 2.31. The number of nitrogens with zero attached hydrogens (tertiary/aromatic N) is 2. The molecule has 2 aromatic carbocycles. The van der Waals surface area contributed by atoms with Gasteiger partial charge in [0.2, 0.25) is 11.8 Å². The first-order valence-corrected chi connectivity index (χ1v) is 9.64. The summed E-state index contributed by atoms with van der Waals surface area (Å²) in [6.07, 6.45) is 0.0589. The Kier molecular flexibility index (Phi) is 6.30. The Labute approximate surface area is 166 Å². The molecule has 28 heavy (non-hydrogen) atoms. The third kappa shape index (κ3) is 4.51. The number of methoxy groups -OCH3 is 1. The molecule has 1 aliphatic heterocycles. The summed E-state index contributed by atoms with van der Waals surface area (Å²) in [5, 5.41) is 3.13. The van der Waals surface area contributed by atoms with Crippen molar-refractivity contribution in [3.05, 3.63) is 54.3 Å². The molecule has 6 nitrogen and oxygen atoms in total. The molecular weight excluding hydrogens is 381 g/mol. The quantitative estimate of drug-likeness (QED) is 0.470. The summed E-state index contributed by atoms with van der Waals surface area (Å²) in [7, 11) is 1.59. The molecule has 146 valence electrons. The molecule has 2 amide bonds. The standard InChI is InChI=1S/C20H20FN3O3S/c1-3-22-20(23-14-5-4-6-16(11-14)27-2)28-17-12-18(25)24(19(17)26)15-9-7-13(21)8-10-15/h4-11,17H,3,12H2,1-2H3,(H,22,23). The molecule has 1 saturated heterocycles. The molecule has 0 spiro atoms. The van der Waals surface area contributed by atoms with E-state index in [0.717, 1.165) is 10.6 Å². The van der Waals surface area contributed by atoms with Crippen molar-refractivity contribution in [2.45, 2.75) is 18.6 Å². The minimum atomic E-state index is -0.596. The lowest BCUT2D eigenvalue weighted by atomic mass is 10.3. The van der Waals surface area contributed by atoms with Crippen LogP contribution in [0.2, 0.25) is 0 Å². The number of anilines is 2. The van der Waals surface area contributed by atoms with Crippen LogP contribution in [0, 0.1) is 5.82 Å². The van der Waals surface area contributed by atoms with E-state index < -0.39 is 11.1 Å². The van der Waals surface area contributed by atoms with Crippen molar-refractivity contribution >= 4 is 40.1 Å². The molecule has 1 atom stereocenters. The molecule has 1 heterocycles. The number of ether oxygens (including phenoxy) is 1. The lowest BCUT2D eigenvalue weighted by Crippen LogP contribution is -2.31. The number of hydrogen-bond donors (Lipinski definition) is 1. The van der Waals surface area contributed by atoms with Crippen LogP contribution < -0.4 is 15.0 Å². The molecule has 0 aliphatic carbocycles. The zero-order valence-corrected chi connectivity index (χ0v) is 16.3. The van der Waals surface area contributed by atoms with Gasteiger partial charge in [0, 0.05) is 24.7 Å². The highest BCUT2D eigenvalue weighted by Gasteiger charge is 2.40. The molecule has 0 radical (unpaired) electrons. The highest BCUT2D eigenvalue weighted by atomic mass is 32.2. The van der Waals surface area contributed by atoms with Gasteiger partial charge in [-0.3, -0.25) is 14.6 Å². The molecule has 1 unspecified atom stereocenters. The average molecular weight is 401 g/mol. The number of amides is 2. The van der Waals surface area contributed by atoms with Gasteiger partial charge in [-0.1, -0.05) is 17.8 Å². The van der Waals surface area contributed by atoms with Crippen molar-refractivity contribution in [1.82, 2.24) is 0 Å². The summed E-state index contributed by atoms with van der Waals surface area (Å²) in [4.78, 5) is 30.7. The number of amidine groups is 1. The van der Waals surface area contributed by atoms with Crippen LogP contribution in [0.25, 0.3) is 0 Å². The van der Waals surface area contributed by atoms with E-state index in [-0.39, 0.29) is 18.2 Å². The van der Waals surface area contributed by atoms with Crippen LogP contribution >= 0.6 is 11.8 Å². The van der Waals surface area contributed by atoms with Gasteiger partial charge in [-0.15, -0.1) is 0 Å². The van der Waals surface area contributed by atoms with Gasteiger partial charge in [0.25, 0.3) is 0 Å². The molecule has 0 bridgehead atoms. The zero-order valence-electron chi connectivity index (χ0n) is 15.5. The minimum absolute atomic E-state index is 0.0589. The van der Waals surface area contributed by atoms with E-state index in [2.05, 4.69) is 10.3 Å². The van der Waals surface area contributed by atoms with E-state index in [1.807, 2.05) is 31.2 Å². The third-order valence-corrected chi connectivity index (χ3v) is 5.17. The first kappa shape index (κ1) is 19.9. The highest BCUT2D eigenvalue weighted by molar-refractivity contribution is 8.15. The van der Waals surface area contributed by atoms with Crippen LogP contribution in [-0.4, -0.2) is 35.9 Å². The fourth-order valence-electron chi connectivity index (χ4n) is 2.77. The summed E-state index contributed by atoms with van der Waals surface area (Å²) in [6, 6.07) is 12.7. The molecule has 2 aromatic rings. The maximum atomic E-state index is 13.1. The largest absolute Gasteiger partial charge is 0.497 e. The normalized spacial score (nSPS) is 17.2. The van der Waals surface area contributed by atoms with E-state index in [4.69, 9.17) is 4.74 Å². The number of imide groups is 1. The summed E-state index contributed by atoms with van der Waals surface area (Å²) in [5.74, 6) is -0.377. The van der Waals surface area contributed by atoms with Gasteiger partial charge in [-0.25, -0.2) is 9.29 Å². The van der Waals surface area contributed by atoms with Gasteiger partial charge in [-0.05, 0) is 43.3 Å². The smallest absolute Gasteiger partial charge is 0.247 e. The summed E-state index contributed by atoms with van der Waals surface area (Å²) < 4.78 is 18.4. The first-order valence-electron chi connectivity index (χ1n) is 8.76. The Morgan fingerprint density at radius 3 is 2.71 bits per heavy atom. The minimum Gasteiger partial charge on any atom is -0.497 e. The van der Waals surface area contributed by atoms with Crippen molar-refractivity contribution in [3.8, 4) is 5.75 Å². The molecule has 1 fully saturated rings. The van der Waals surface area contributed by atoms with Gasteiger partial charge < -0.3 is 10.1 Å². The van der Waals surface area contributed by atoms with Crippen LogP contribution in [0.1, 0.15) is 13.3 Å². The van der Waals surface area contributed by atoms with E-state index in [9.17, 15) is 14.0 Å². The van der Waals surface area contributed by atoms with Crippen LogP contribution in [0.15, 0.2) is 53.5 Å². The predicted molar refractivity (Wildman–Crippen MR) is 109 cm³/mol. The predicted octanol–water partition coefficient (Wildman–Crippen LogP) is 3.69. The number of thioether (sulfide) groups is 1. The van der Waals surface area contributed by atoms with Crippen molar-refractivity contribution in [1.29, 1.82) is 0 Å². The number of aliphatic imine (C=N–C) groups is 1. The second-order valence-corrected chi connectivity index (χ2v) is 7.18. The maximum absolute atomic E-state index is 13.1. The number of hydrogen-bond acceptors (Lipinski definition) is 5. The number of rotatable bonds is 5. The Bertz CT molecular complexity index is 902. The maximum Gasteiger partial charge on any atom is 0.247 e. The molecule has 1 N–H and O–H groups in total. The molecular formula is C20H20FN3O3S. The fraction of sp³-hybridized carbons (Fsp3) is 0.250. The van der Waals surface area contributed by atoms with Gasteiger partial charge in [0.1, 0.15) is 16.8 Å². The molecule has 0 saturated carbocycles. The van der Waals surface area contributed by atoms with Crippen molar-refractivity contribution < 1.29 is 18.7 Å². The fourth-order valence-corrected chi connectivity index (χ4v) is 3.85. The van der Waals surface area contributed by atoms with Crippen LogP contribution in [0.5, 0.6) is 5.75 Å². The number of halogens is 1.